The molecule has 1 aromatic carbocycles. The summed E-state index contributed by atoms with van der Waals surface area (Å²) in [7, 11) is 1.42. The zero-order valence-corrected chi connectivity index (χ0v) is 14.6. The molecule has 1 aliphatic carbocycles. The second kappa shape index (κ2) is 7.35. The van der Waals surface area contributed by atoms with Gasteiger partial charge in [-0.15, -0.1) is 0 Å². The van der Waals surface area contributed by atoms with Crippen molar-refractivity contribution in [1.29, 1.82) is 0 Å². The molecule has 2 atom stereocenters. The Kier molecular flexibility index (Phi) is 5.18. The molecule has 6 nitrogen and oxygen atoms in total. The van der Waals surface area contributed by atoms with Crippen molar-refractivity contribution in [3.05, 3.63) is 34.9 Å². The number of fused-ring (bicyclic) bond motifs is 1. The van der Waals surface area contributed by atoms with Crippen molar-refractivity contribution in [2.45, 2.75) is 38.7 Å². The summed E-state index contributed by atoms with van der Waals surface area (Å²) in [6.07, 6.45) is 4.92. The Morgan fingerprint density at radius 1 is 1.12 bits per heavy atom. The molecule has 0 saturated heterocycles. The second-order valence-electron chi connectivity index (χ2n) is 6.74. The van der Waals surface area contributed by atoms with E-state index in [1.807, 2.05) is 0 Å². The van der Waals surface area contributed by atoms with Crippen molar-refractivity contribution in [1.82, 2.24) is 4.90 Å². The van der Waals surface area contributed by atoms with Crippen LogP contribution in [-0.4, -0.2) is 49.0 Å². The van der Waals surface area contributed by atoms with Gasteiger partial charge in [0, 0.05) is 7.05 Å². The molecule has 1 aromatic rings. The lowest BCUT2D eigenvalue weighted by molar-refractivity contribution is -0.0271. The van der Waals surface area contributed by atoms with Crippen molar-refractivity contribution in [2.24, 2.45) is 5.92 Å². The van der Waals surface area contributed by atoms with Crippen LogP contribution in [0.2, 0.25) is 0 Å². The van der Waals surface area contributed by atoms with Crippen LogP contribution in [0, 0.1) is 5.92 Å². The van der Waals surface area contributed by atoms with Crippen molar-refractivity contribution in [3.8, 4) is 0 Å². The van der Waals surface area contributed by atoms with Gasteiger partial charge < -0.3 is 9.47 Å². The van der Waals surface area contributed by atoms with Gasteiger partial charge in [-0.25, -0.2) is 4.79 Å². The minimum absolute atomic E-state index is 0.173. The minimum atomic E-state index is -0.516. The Morgan fingerprint density at radius 2 is 1.84 bits per heavy atom. The summed E-state index contributed by atoms with van der Waals surface area (Å²) < 4.78 is 11.0. The molecular weight excluding hydrogens is 322 g/mol. The molecule has 2 amide bonds. The highest BCUT2D eigenvalue weighted by molar-refractivity contribution is 6.21. The Balaban J connectivity index is 1.52. The molecule has 0 aromatic heterocycles. The third-order valence-corrected chi connectivity index (χ3v) is 5.01. The Morgan fingerprint density at radius 3 is 2.60 bits per heavy atom. The molecule has 1 heterocycles. The number of esters is 1. The molecular formula is C19H23NO5. The largest absolute Gasteiger partial charge is 0.460 e. The Labute approximate surface area is 147 Å². The third kappa shape index (κ3) is 3.58. The zero-order chi connectivity index (χ0) is 18.0. The third-order valence-electron chi connectivity index (χ3n) is 5.01. The fourth-order valence-corrected chi connectivity index (χ4v) is 3.44. The van der Waals surface area contributed by atoms with E-state index in [9.17, 15) is 14.4 Å². The van der Waals surface area contributed by atoms with Crippen LogP contribution in [0.4, 0.5) is 0 Å². The lowest BCUT2D eigenvalue weighted by Gasteiger charge is -2.28. The van der Waals surface area contributed by atoms with Crippen LogP contribution in [0.25, 0.3) is 0 Å². The maximum absolute atomic E-state index is 12.1. The van der Waals surface area contributed by atoms with Gasteiger partial charge in [-0.1, -0.05) is 19.8 Å². The van der Waals surface area contributed by atoms with Crippen LogP contribution < -0.4 is 0 Å². The van der Waals surface area contributed by atoms with Gasteiger partial charge in [0.05, 0.1) is 29.4 Å². The molecule has 1 saturated carbocycles. The Bertz CT molecular complexity index is 699. The molecule has 0 radical (unpaired) electrons. The van der Waals surface area contributed by atoms with Gasteiger partial charge >= 0.3 is 5.97 Å². The molecule has 1 aliphatic heterocycles. The van der Waals surface area contributed by atoms with E-state index in [2.05, 4.69) is 6.92 Å². The summed E-state index contributed by atoms with van der Waals surface area (Å²) in [5, 5.41) is 0. The monoisotopic (exact) mass is 345 g/mol. The summed E-state index contributed by atoms with van der Waals surface area (Å²) in [5.41, 5.74) is 0.828. The summed E-state index contributed by atoms with van der Waals surface area (Å²) >= 11 is 0. The van der Waals surface area contributed by atoms with Crippen molar-refractivity contribution < 1.29 is 23.9 Å². The molecule has 134 valence electrons. The topological polar surface area (TPSA) is 72.9 Å². The maximum atomic E-state index is 12.1. The predicted octanol–water partition coefficient (Wildman–Crippen LogP) is 2.66. The number of rotatable bonds is 5. The molecule has 1 fully saturated rings. The first-order valence-electron chi connectivity index (χ1n) is 8.74. The predicted molar refractivity (Wildman–Crippen MR) is 90.5 cm³/mol. The molecule has 0 unspecified atom stereocenters. The number of carbonyl (C=O) groups is 3. The normalized spacial score (nSPS) is 22.9. The lowest BCUT2D eigenvalue weighted by atomic mass is 9.88. The molecule has 2 aliphatic rings. The van der Waals surface area contributed by atoms with Crippen molar-refractivity contribution in [2.75, 3.05) is 20.3 Å². The Hall–Kier alpha value is -2.21. The van der Waals surface area contributed by atoms with Gasteiger partial charge in [0.25, 0.3) is 11.8 Å². The number of hydrogen-bond acceptors (Lipinski definition) is 5. The van der Waals surface area contributed by atoms with E-state index >= 15 is 0 Å². The van der Waals surface area contributed by atoms with E-state index in [0.717, 1.165) is 11.3 Å². The summed E-state index contributed by atoms with van der Waals surface area (Å²) in [4.78, 5) is 37.0. The van der Waals surface area contributed by atoms with Crippen molar-refractivity contribution >= 4 is 17.8 Å². The standard InChI is InChI=1S/C19H23NO5/c1-12-5-3-4-6-16(12)24-9-10-25-19(23)13-7-8-14-15(11-13)18(22)20(2)17(14)21/h7-8,11-12,16H,3-6,9-10H2,1-2H3/t12-,16+/m0/s1. The van der Waals surface area contributed by atoms with E-state index in [1.54, 1.807) is 0 Å². The van der Waals surface area contributed by atoms with Crippen LogP contribution in [0.3, 0.4) is 0 Å². The fourth-order valence-electron chi connectivity index (χ4n) is 3.44. The highest BCUT2D eigenvalue weighted by Gasteiger charge is 2.33. The maximum Gasteiger partial charge on any atom is 0.338 e. The SMILES string of the molecule is C[C@H]1CCCC[C@H]1OCCOC(=O)c1ccc2c(c1)C(=O)N(C)C2=O. The van der Waals surface area contributed by atoms with Crippen LogP contribution >= 0.6 is 0 Å². The summed E-state index contributed by atoms with van der Waals surface area (Å²) in [5.74, 6) is -0.723. The van der Waals surface area contributed by atoms with E-state index in [0.29, 0.717) is 18.1 Å². The molecule has 3 rings (SSSR count). The number of ether oxygens (including phenoxy) is 2. The number of carbonyl (C=O) groups excluding carboxylic acids is 3. The lowest BCUT2D eigenvalue weighted by Crippen LogP contribution is -2.27. The number of benzene rings is 1. The molecule has 25 heavy (non-hydrogen) atoms. The minimum Gasteiger partial charge on any atom is -0.460 e. The van der Waals surface area contributed by atoms with Gasteiger partial charge in [-0.2, -0.15) is 0 Å². The zero-order valence-electron chi connectivity index (χ0n) is 14.6. The highest BCUT2D eigenvalue weighted by Crippen LogP contribution is 2.26. The first-order chi connectivity index (χ1) is 12.0. The molecule has 0 N–H and O–H groups in total. The van der Waals surface area contributed by atoms with Crippen LogP contribution in [0.5, 0.6) is 0 Å². The smallest absolute Gasteiger partial charge is 0.338 e. The number of hydrogen-bond donors (Lipinski definition) is 0. The number of nitrogens with zero attached hydrogens (tertiary/aromatic N) is 1. The van der Waals surface area contributed by atoms with Crippen LogP contribution in [-0.2, 0) is 9.47 Å². The average Bonchev–Trinajstić information content (AvgIpc) is 2.84. The fraction of sp³-hybridized carbons (Fsp3) is 0.526. The average molecular weight is 345 g/mol. The van der Waals surface area contributed by atoms with Crippen LogP contribution in [0.15, 0.2) is 18.2 Å². The molecule has 6 heteroatoms. The summed E-state index contributed by atoms with van der Waals surface area (Å²) in [6, 6.07) is 4.43. The van der Waals surface area contributed by atoms with E-state index in [4.69, 9.17) is 9.47 Å². The van der Waals surface area contributed by atoms with Gasteiger partial charge in [-0.05, 0) is 37.0 Å². The number of amides is 2. The van der Waals surface area contributed by atoms with Gasteiger partial charge in [0.2, 0.25) is 0 Å². The first-order valence-corrected chi connectivity index (χ1v) is 8.74. The van der Waals surface area contributed by atoms with E-state index < -0.39 is 11.9 Å². The summed E-state index contributed by atoms with van der Waals surface area (Å²) in [6.45, 7) is 2.73. The van der Waals surface area contributed by atoms with Gasteiger partial charge in [0.1, 0.15) is 6.61 Å². The van der Waals surface area contributed by atoms with E-state index in [1.165, 1.54) is 44.5 Å². The first kappa shape index (κ1) is 17.6. The number of imide groups is 1. The molecule has 0 spiro atoms. The van der Waals surface area contributed by atoms with Crippen molar-refractivity contribution in [3.63, 3.8) is 0 Å². The van der Waals surface area contributed by atoms with Gasteiger partial charge in [0.15, 0.2) is 0 Å². The quantitative estimate of drug-likeness (QED) is 0.466. The van der Waals surface area contributed by atoms with Gasteiger partial charge in [-0.3, -0.25) is 14.5 Å². The van der Waals surface area contributed by atoms with Crippen LogP contribution in [0.1, 0.15) is 63.7 Å². The van der Waals surface area contributed by atoms with E-state index in [-0.39, 0.29) is 29.7 Å². The second-order valence-corrected chi connectivity index (χ2v) is 6.74. The molecule has 0 bridgehead atoms. The highest BCUT2D eigenvalue weighted by atomic mass is 16.6.